The summed E-state index contributed by atoms with van der Waals surface area (Å²) in [7, 11) is 0. The molecule has 0 fully saturated rings. The molecule has 42 heavy (non-hydrogen) atoms. The van der Waals surface area contributed by atoms with E-state index in [0.717, 1.165) is 36.7 Å². The number of ether oxygens (including phenoxy) is 2. The van der Waals surface area contributed by atoms with Crippen LogP contribution in [0.1, 0.15) is 62.5 Å². The van der Waals surface area contributed by atoms with Crippen LogP contribution in [-0.2, 0) is 23.2 Å². The maximum Gasteiger partial charge on any atom is 0.277 e. The van der Waals surface area contributed by atoms with Crippen LogP contribution in [0.3, 0.4) is 0 Å². The molecule has 6 heterocycles. The van der Waals surface area contributed by atoms with Crippen LogP contribution in [0.5, 0.6) is 11.5 Å². The van der Waals surface area contributed by atoms with Crippen molar-refractivity contribution in [2.75, 3.05) is 6.61 Å². The minimum atomic E-state index is -0.798. The molecule has 12 heteroatoms. The molecule has 0 saturated heterocycles. The van der Waals surface area contributed by atoms with Gasteiger partial charge < -0.3 is 14.8 Å². The van der Waals surface area contributed by atoms with E-state index in [1.54, 1.807) is 29.1 Å². The van der Waals surface area contributed by atoms with Crippen molar-refractivity contribution in [1.82, 2.24) is 29.8 Å². The van der Waals surface area contributed by atoms with Gasteiger partial charge in [-0.2, -0.15) is 0 Å². The van der Waals surface area contributed by atoms with Crippen molar-refractivity contribution in [1.29, 1.82) is 0 Å². The van der Waals surface area contributed by atoms with Gasteiger partial charge in [0.05, 0.1) is 28.8 Å². The van der Waals surface area contributed by atoms with E-state index in [1.807, 2.05) is 19.9 Å². The van der Waals surface area contributed by atoms with Crippen LogP contribution in [-0.4, -0.2) is 37.0 Å². The van der Waals surface area contributed by atoms with Crippen molar-refractivity contribution in [2.45, 2.75) is 58.1 Å². The number of rotatable bonds is 5. The fourth-order valence-electron chi connectivity index (χ4n) is 5.36. The first-order valence-electron chi connectivity index (χ1n) is 13.6. The summed E-state index contributed by atoms with van der Waals surface area (Å²) in [5.74, 6) is 0.257. The number of carbonyl (C=O) groups excluding carboxylic acids is 1. The number of amides is 1. The Bertz CT molecular complexity index is 1780. The molecule has 216 valence electrons. The summed E-state index contributed by atoms with van der Waals surface area (Å²) in [6.45, 7) is 5.21. The summed E-state index contributed by atoms with van der Waals surface area (Å²) in [6, 6.07) is 6.60. The number of hydrogen-bond acceptors (Lipinski definition) is 8. The average Bonchev–Trinajstić information content (AvgIpc) is 3.33. The lowest BCUT2D eigenvalue weighted by Crippen LogP contribution is -2.41. The highest BCUT2D eigenvalue weighted by atomic mass is 35.5. The van der Waals surface area contributed by atoms with Gasteiger partial charge in [0.1, 0.15) is 34.6 Å². The van der Waals surface area contributed by atoms with Crippen LogP contribution in [0.4, 0.5) is 4.39 Å². The Labute approximate surface area is 245 Å². The highest BCUT2D eigenvalue weighted by Gasteiger charge is 2.30. The zero-order valence-corrected chi connectivity index (χ0v) is 24.0. The van der Waals surface area contributed by atoms with E-state index in [9.17, 15) is 14.0 Å². The molecule has 0 saturated carbocycles. The predicted molar refractivity (Wildman–Crippen MR) is 152 cm³/mol. The van der Waals surface area contributed by atoms with E-state index < -0.39 is 23.0 Å². The van der Waals surface area contributed by atoms with E-state index in [-0.39, 0.29) is 23.3 Å². The monoisotopic (exact) mass is 590 g/mol. The first kappa shape index (κ1) is 27.8. The van der Waals surface area contributed by atoms with Crippen LogP contribution in [0.25, 0.3) is 17.1 Å². The molecule has 4 aromatic heterocycles. The maximum absolute atomic E-state index is 13.8. The molecule has 0 aliphatic carbocycles. The van der Waals surface area contributed by atoms with Crippen LogP contribution in [0, 0.1) is 5.82 Å². The lowest BCUT2D eigenvalue weighted by Gasteiger charge is -2.24. The zero-order chi connectivity index (χ0) is 29.6. The van der Waals surface area contributed by atoms with Crippen molar-refractivity contribution >= 4 is 17.5 Å². The summed E-state index contributed by atoms with van der Waals surface area (Å²) in [5, 5.41) is 2.78. The summed E-state index contributed by atoms with van der Waals surface area (Å²) < 4.78 is 26.9. The first-order valence-corrected chi connectivity index (χ1v) is 14.0. The van der Waals surface area contributed by atoms with Crippen molar-refractivity contribution in [3.63, 3.8) is 0 Å². The molecule has 2 aliphatic rings. The van der Waals surface area contributed by atoms with Gasteiger partial charge in [-0.15, -0.1) is 0 Å². The van der Waals surface area contributed by atoms with E-state index in [1.165, 1.54) is 13.0 Å². The third-order valence-electron chi connectivity index (χ3n) is 7.30. The number of fused-ring (bicyclic) bond motifs is 4. The van der Waals surface area contributed by atoms with E-state index in [2.05, 4.69) is 25.3 Å². The van der Waals surface area contributed by atoms with Gasteiger partial charge in [0.15, 0.2) is 11.9 Å². The Morgan fingerprint density at radius 3 is 2.76 bits per heavy atom. The average molecular weight is 591 g/mol. The SMILES string of the molecule is CC(=O)NC(C)(C)c1nccc(-c2cc3c(cn2)CCCCc2cc(OC4COc5cc(F)cnc54)c(Cl)c(=O)n2-3)n1. The molecular weight excluding hydrogens is 563 g/mol. The fraction of sp³-hybridized carbons (Fsp3) is 0.333. The largest absolute Gasteiger partial charge is 0.487 e. The molecule has 1 N–H and O–H groups in total. The van der Waals surface area contributed by atoms with Crippen molar-refractivity contribution in [3.8, 4) is 28.6 Å². The Hall–Kier alpha value is -4.38. The smallest absolute Gasteiger partial charge is 0.277 e. The standard InChI is InChI=1S/C30H28ClFN6O4/c1-16(39)37-30(2,3)29-33-9-8-20(36-29)21-12-22-17(13-34-21)6-4-5-7-19-11-23(26(31)28(40)38(19)22)42-25-15-41-24-10-18(32)14-35-27(24)25/h8-14,25H,4-7,15H2,1-3H3,(H,37,39). The van der Waals surface area contributed by atoms with E-state index in [0.29, 0.717) is 40.8 Å². The lowest BCUT2D eigenvalue weighted by molar-refractivity contribution is -0.120. The number of aromatic nitrogens is 5. The molecule has 6 rings (SSSR count). The second-order valence-corrected chi connectivity index (χ2v) is 11.3. The molecule has 1 atom stereocenters. The fourth-order valence-corrected chi connectivity index (χ4v) is 5.54. The molecule has 1 unspecified atom stereocenters. The molecular formula is C30H28ClFN6O4. The molecule has 0 aromatic carbocycles. The lowest BCUT2D eigenvalue weighted by atomic mass is 10.0. The zero-order valence-electron chi connectivity index (χ0n) is 23.3. The Balaban J connectivity index is 1.40. The number of halogens is 2. The first-order chi connectivity index (χ1) is 20.1. The van der Waals surface area contributed by atoms with Gasteiger partial charge in [0.2, 0.25) is 5.91 Å². The van der Waals surface area contributed by atoms with Gasteiger partial charge in [-0.3, -0.25) is 24.1 Å². The maximum atomic E-state index is 13.8. The van der Waals surface area contributed by atoms with E-state index >= 15 is 0 Å². The number of pyridine rings is 3. The van der Waals surface area contributed by atoms with Gasteiger partial charge in [0.25, 0.3) is 5.56 Å². The highest BCUT2D eigenvalue weighted by molar-refractivity contribution is 6.31. The number of nitrogens with zero attached hydrogens (tertiary/aromatic N) is 5. The Kier molecular flexibility index (Phi) is 7.14. The third-order valence-corrected chi connectivity index (χ3v) is 7.65. The molecule has 4 aromatic rings. The minimum Gasteiger partial charge on any atom is -0.487 e. The van der Waals surface area contributed by atoms with E-state index in [4.69, 9.17) is 21.1 Å². The second-order valence-electron chi connectivity index (χ2n) is 10.9. The number of aryl methyl sites for hydroxylation is 2. The van der Waals surface area contributed by atoms with Crippen molar-refractivity contribution < 1.29 is 18.7 Å². The number of nitrogens with one attached hydrogen (secondary N) is 1. The quantitative estimate of drug-likeness (QED) is 0.357. The van der Waals surface area contributed by atoms with Crippen molar-refractivity contribution in [3.05, 3.63) is 86.8 Å². The van der Waals surface area contributed by atoms with Crippen molar-refractivity contribution in [2.24, 2.45) is 0 Å². The van der Waals surface area contributed by atoms with Gasteiger partial charge in [-0.25, -0.2) is 14.4 Å². The third kappa shape index (κ3) is 5.20. The Morgan fingerprint density at radius 1 is 1.14 bits per heavy atom. The summed E-state index contributed by atoms with van der Waals surface area (Å²) in [4.78, 5) is 43.4. The van der Waals surface area contributed by atoms with Gasteiger partial charge in [-0.1, -0.05) is 11.6 Å². The van der Waals surface area contributed by atoms with Crippen LogP contribution >= 0.6 is 11.6 Å². The molecule has 2 aliphatic heterocycles. The summed E-state index contributed by atoms with van der Waals surface area (Å²) in [6.07, 6.45) is 6.99. The molecule has 1 amide bonds. The molecule has 10 nitrogen and oxygen atoms in total. The Morgan fingerprint density at radius 2 is 1.95 bits per heavy atom. The molecule has 0 radical (unpaired) electrons. The van der Waals surface area contributed by atoms with Crippen LogP contribution in [0.15, 0.2) is 47.7 Å². The van der Waals surface area contributed by atoms with Crippen LogP contribution in [0.2, 0.25) is 5.02 Å². The topological polar surface area (TPSA) is 121 Å². The van der Waals surface area contributed by atoms with Gasteiger partial charge >= 0.3 is 0 Å². The molecule has 0 bridgehead atoms. The van der Waals surface area contributed by atoms with Gasteiger partial charge in [-0.05, 0) is 57.2 Å². The second kappa shape index (κ2) is 10.8. The predicted octanol–water partition coefficient (Wildman–Crippen LogP) is 4.64. The normalized spacial score (nSPS) is 15.9. The van der Waals surface area contributed by atoms with Gasteiger partial charge in [0, 0.05) is 37.1 Å². The minimum absolute atomic E-state index is 0.0828. The number of hydrogen-bond donors (Lipinski definition) is 1. The number of carbonyl (C=O) groups is 1. The van der Waals surface area contributed by atoms with Crippen LogP contribution < -0.4 is 20.3 Å². The summed E-state index contributed by atoms with van der Waals surface area (Å²) in [5.41, 5.74) is 2.63. The molecule has 0 spiro atoms. The highest BCUT2D eigenvalue weighted by Crippen LogP contribution is 2.37. The summed E-state index contributed by atoms with van der Waals surface area (Å²) >= 11 is 6.64.